The Morgan fingerprint density at radius 1 is 1.50 bits per heavy atom. The molecule has 1 atom stereocenters. The molecule has 74 valence electrons. The van der Waals surface area contributed by atoms with Crippen molar-refractivity contribution in [2.45, 2.75) is 12.5 Å². The molecule has 1 N–H and O–H groups in total. The van der Waals surface area contributed by atoms with Crippen LogP contribution in [-0.2, 0) is 6.42 Å². The Kier molecular flexibility index (Phi) is 3.33. The molecule has 0 bridgehead atoms. The summed E-state index contributed by atoms with van der Waals surface area (Å²) in [6.45, 7) is 0. The van der Waals surface area contributed by atoms with E-state index >= 15 is 0 Å². The first-order valence-corrected chi connectivity index (χ1v) is 6.55. The van der Waals surface area contributed by atoms with Gasteiger partial charge in [0.25, 0.3) is 0 Å². The summed E-state index contributed by atoms with van der Waals surface area (Å²) in [5.41, 5.74) is 1.74. The molecule has 0 aromatic carbocycles. The van der Waals surface area contributed by atoms with Crippen LogP contribution in [0.15, 0.2) is 27.6 Å². The van der Waals surface area contributed by atoms with Crippen LogP contribution in [0.2, 0.25) is 0 Å². The van der Waals surface area contributed by atoms with Gasteiger partial charge < -0.3 is 5.11 Å². The lowest BCUT2D eigenvalue weighted by Crippen LogP contribution is -1.97. The highest BCUT2D eigenvalue weighted by atomic mass is 79.9. The van der Waals surface area contributed by atoms with E-state index in [9.17, 15) is 5.11 Å². The third-order valence-electron chi connectivity index (χ3n) is 1.80. The molecule has 2 aromatic rings. The molecule has 0 aliphatic rings. The monoisotopic (exact) mass is 289 g/mol. The third-order valence-corrected chi connectivity index (χ3v) is 4.33. The Bertz CT molecular complexity index is 399. The summed E-state index contributed by atoms with van der Waals surface area (Å²) in [6.07, 6.45) is 1.96. The van der Waals surface area contributed by atoms with Crippen LogP contribution < -0.4 is 0 Å². The van der Waals surface area contributed by atoms with Crippen molar-refractivity contribution in [2.24, 2.45) is 0 Å². The summed E-state index contributed by atoms with van der Waals surface area (Å²) in [7, 11) is 0. The highest BCUT2D eigenvalue weighted by Crippen LogP contribution is 2.27. The Morgan fingerprint density at radius 3 is 2.93 bits per heavy atom. The quantitative estimate of drug-likeness (QED) is 0.941. The summed E-state index contributed by atoms with van der Waals surface area (Å²) in [5.74, 6) is 0. The number of hydrogen-bond donors (Lipinski definition) is 1. The Balaban J connectivity index is 2.05. The molecular weight excluding hydrogens is 282 g/mol. The third kappa shape index (κ3) is 2.42. The summed E-state index contributed by atoms with van der Waals surface area (Å²) < 4.78 is 1.10. The van der Waals surface area contributed by atoms with Gasteiger partial charge >= 0.3 is 0 Å². The molecule has 14 heavy (non-hydrogen) atoms. The van der Waals surface area contributed by atoms with E-state index in [1.54, 1.807) is 23.0 Å². The van der Waals surface area contributed by atoms with E-state index in [-0.39, 0.29) is 0 Å². The first-order chi connectivity index (χ1) is 6.75. The van der Waals surface area contributed by atoms with Crippen LogP contribution in [0.25, 0.3) is 0 Å². The first-order valence-electron chi connectivity index (χ1n) is 4.06. The predicted molar refractivity (Wildman–Crippen MR) is 62.8 cm³/mol. The molecule has 0 aliphatic heterocycles. The van der Waals surface area contributed by atoms with Crippen LogP contribution in [-0.4, -0.2) is 10.1 Å². The molecule has 0 radical (unpaired) electrons. The highest BCUT2D eigenvalue weighted by Gasteiger charge is 2.11. The van der Waals surface area contributed by atoms with Gasteiger partial charge in [-0.25, -0.2) is 0 Å². The van der Waals surface area contributed by atoms with Gasteiger partial charge in [-0.3, -0.25) is 4.98 Å². The second kappa shape index (κ2) is 4.53. The van der Waals surface area contributed by atoms with E-state index in [0.29, 0.717) is 6.42 Å². The van der Waals surface area contributed by atoms with Crippen molar-refractivity contribution in [1.29, 1.82) is 0 Å². The number of nitrogens with zero attached hydrogens (tertiary/aromatic N) is 1. The standard InChI is InChI=1S/C9H8BrNOS2/c10-9-2-1-6(14-9)3-7(12)8-4-11-5-13-8/h1-2,4-5,7,12H,3H2. The van der Waals surface area contributed by atoms with Crippen molar-refractivity contribution in [1.82, 2.24) is 4.98 Å². The van der Waals surface area contributed by atoms with E-state index in [1.165, 1.54) is 16.2 Å². The summed E-state index contributed by atoms with van der Waals surface area (Å²) in [4.78, 5) is 6.05. The fourth-order valence-corrected chi connectivity index (χ4v) is 3.27. The maximum Gasteiger partial charge on any atom is 0.0946 e. The van der Waals surface area contributed by atoms with E-state index in [4.69, 9.17) is 0 Å². The van der Waals surface area contributed by atoms with Gasteiger partial charge in [0.1, 0.15) is 0 Å². The number of aliphatic hydroxyl groups excluding tert-OH is 1. The number of rotatable bonds is 3. The summed E-state index contributed by atoms with van der Waals surface area (Å²) in [5, 5.41) is 9.83. The van der Waals surface area contributed by atoms with Gasteiger partial charge in [0.15, 0.2) is 0 Å². The van der Waals surface area contributed by atoms with Crippen LogP contribution in [0.5, 0.6) is 0 Å². The molecule has 0 aliphatic carbocycles. The molecule has 5 heteroatoms. The van der Waals surface area contributed by atoms with Crippen LogP contribution in [0.1, 0.15) is 15.9 Å². The Hall–Kier alpha value is -0.230. The lowest BCUT2D eigenvalue weighted by atomic mass is 10.2. The number of hydrogen-bond acceptors (Lipinski definition) is 4. The van der Waals surface area contributed by atoms with Gasteiger partial charge in [-0.2, -0.15) is 0 Å². The molecule has 0 spiro atoms. The number of thiazole rings is 1. The predicted octanol–water partition coefficient (Wildman–Crippen LogP) is 3.24. The van der Waals surface area contributed by atoms with Crippen molar-refractivity contribution in [3.05, 3.63) is 37.4 Å². The van der Waals surface area contributed by atoms with Gasteiger partial charge in [0, 0.05) is 17.5 Å². The molecular formula is C9H8BrNOS2. The molecule has 1 unspecified atom stereocenters. The zero-order valence-corrected chi connectivity index (χ0v) is 10.4. The van der Waals surface area contributed by atoms with Crippen molar-refractivity contribution in [3.8, 4) is 0 Å². The van der Waals surface area contributed by atoms with E-state index < -0.39 is 6.10 Å². The Labute approximate surface area is 98.4 Å². The highest BCUT2D eigenvalue weighted by molar-refractivity contribution is 9.11. The van der Waals surface area contributed by atoms with Gasteiger partial charge in [-0.1, -0.05) is 0 Å². The molecule has 0 fully saturated rings. The van der Waals surface area contributed by atoms with Crippen LogP contribution in [0, 0.1) is 0 Å². The topological polar surface area (TPSA) is 33.1 Å². The van der Waals surface area contributed by atoms with Gasteiger partial charge in [0.2, 0.25) is 0 Å². The lowest BCUT2D eigenvalue weighted by Gasteiger charge is -2.04. The van der Waals surface area contributed by atoms with E-state index in [1.807, 2.05) is 12.1 Å². The fraction of sp³-hybridized carbons (Fsp3) is 0.222. The first kappa shape index (κ1) is 10.3. The number of thiophene rings is 1. The maximum absolute atomic E-state index is 9.83. The zero-order valence-electron chi connectivity index (χ0n) is 7.18. The molecule has 2 heterocycles. The number of aliphatic hydroxyl groups is 1. The van der Waals surface area contributed by atoms with Crippen molar-refractivity contribution in [2.75, 3.05) is 0 Å². The fourth-order valence-electron chi connectivity index (χ4n) is 1.14. The molecule has 2 aromatic heterocycles. The minimum atomic E-state index is -0.423. The maximum atomic E-state index is 9.83. The van der Waals surface area contributed by atoms with Crippen LogP contribution >= 0.6 is 38.6 Å². The van der Waals surface area contributed by atoms with Crippen LogP contribution in [0.3, 0.4) is 0 Å². The van der Waals surface area contributed by atoms with Crippen molar-refractivity contribution >= 4 is 38.6 Å². The van der Waals surface area contributed by atoms with Gasteiger partial charge in [-0.05, 0) is 28.1 Å². The molecule has 2 rings (SSSR count). The molecule has 0 saturated heterocycles. The largest absolute Gasteiger partial charge is 0.387 e. The second-order valence-corrected chi connectivity index (χ2v) is 6.30. The van der Waals surface area contributed by atoms with Crippen molar-refractivity contribution in [3.63, 3.8) is 0 Å². The minimum absolute atomic E-state index is 0.423. The SMILES string of the molecule is OC(Cc1ccc(Br)s1)c1cncs1. The Morgan fingerprint density at radius 2 is 2.36 bits per heavy atom. The molecule has 0 amide bonds. The van der Waals surface area contributed by atoms with E-state index in [0.717, 1.165) is 8.66 Å². The van der Waals surface area contributed by atoms with Crippen molar-refractivity contribution < 1.29 is 5.11 Å². The zero-order chi connectivity index (χ0) is 9.97. The molecule has 0 saturated carbocycles. The molecule has 2 nitrogen and oxygen atoms in total. The van der Waals surface area contributed by atoms with Gasteiger partial charge in [0.05, 0.1) is 20.3 Å². The number of aromatic nitrogens is 1. The van der Waals surface area contributed by atoms with Gasteiger partial charge in [-0.15, -0.1) is 22.7 Å². The van der Waals surface area contributed by atoms with Crippen LogP contribution in [0.4, 0.5) is 0 Å². The lowest BCUT2D eigenvalue weighted by molar-refractivity contribution is 0.183. The minimum Gasteiger partial charge on any atom is -0.387 e. The average molecular weight is 290 g/mol. The smallest absolute Gasteiger partial charge is 0.0946 e. The normalized spacial score (nSPS) is 13.0. The number of halogens is 1. The summed E-state index contributed by atoms with van der Waals surface area (Å²) in [6, 6.07) is 4.03. The average Bonchev–Trinajstić information content (AvgIpc) is 2.75. The second-order valence-electron chi connectivity index (χ2n) is 2.83. The summed E-state index contributed by atoms with van der Waals surface area (Å²) >= 11 is 6.54. The van der Waals surface area contributed by atoms with E-state index in [2.05, 4.69) is 20.9 Å².